The van der Waals surface area contributed by atoms with Crippen LogP contribution in [0.2, 0.25) is 0 Å². The number of H-pyrrole nitrogens is 1. The van der Waals surface area contributed by atoms with Gasteiger partial charge in [-0.05, 0) is 49.1 Å². The van der Waals surface area contributed by atoms with Gasteiger partial charge in [0.1, 0.15) is 12.1 Å². The number of benzene rings is 3. The number of rotatable bonds is 10. The predicted octanol–water partition coefficient (Wildman–Crippen LogP) is 4.30. The van der Waals surface area contributed by atoms with Crippen molar-refractivity contribution >= 4 is 28.6 Å². The van der Waals surface area contributed by atoms with E-state index in [1.165, 1.54) is 0 Å². The maximum Gasteiger partial charge on any atom is 0.255 e. The van der Waals surface area contributed by atoms with E-state index in [1.807, 2.05) is 92.7 Å². The molecule has 3 aromatic carbocycles. The second-order valence-corrected chi connectivity index (χ2v) is 11.3. The van der Waals surface area contributed by atoms with Gasteiger partial charge < -0.3 is 25.3 Å². The van der Waals surface area contributed by atoms with Crippen LogP contribution in [0, 0.1) is 0 Å². The van der Waals surface area contributed by atoms with E-state index >= 15 is 0 Å². The van der Waals surface area contributed by atoms with Crippen molar-refractivity contribution in [2.24, 2.45) is 0 Å². The fraction of sp³-hybridized carbons (Fsp3) is 0.324. The predicted molar refractivity (Wildman–Crippen MR) is 161 cm³/mol. The van der Waals surface area contributed by atoms with Crippen LogP contribution in [0.5, 0.6) is 0 Å². The number of hydrogen-bond donors (Lipinski definition) is 3. The Labute approximate surface area is 245 Å². The smallest absolute Gasteiger partial charge is 0.255 e. The van der Waals surface area contributed by atoms with Crippen LogP contribution >= 0.6 is 0 Å². The molecule has 8 heteroatoms. The maximum atomic E-state index is 14.1. The van der Waals surface area contributed by atoms with Crippen molar-refractivity contribution in [2.45, 2.75) is 57.3 Å². The normalized spacial score (nSPS) is 18.0. The van der Waals surface area contributed by atoms with Crippen molar-refractivity contribution in [1.29, 1.82) is 0 Å². The Morgan fingerprint density at radius 1 is 1.00 bits per heavy atom. The lowest BCUT2D eigenvalue weighted by Crippen LogP contribution is -2.57. The van der Waals surface area contributed by atoms with Crippen molar-refractivity contribution in [3.8, 4) is 0 Å². The molecule has 6 rings (SSSR count). The molecular weight excluding hydrogens is 528 g/mol. The molecule has 8 nitrogen and oxygen atoms in total. The molecular formula is C34H36N4O4. The number of para-hydroxylation sites is 1. The van der Waals surface area contributed by atoms with E-state index in [9.17, 15) is 14.4 Å². The van der Waals surface area contributed by atoms with Gasteiger partial charge in [0.05, 0.1) is 12.1 Å². The lowest BCUT2D eigenvalue weighted by molar-refractivity contribution is -0.132. The first-order chi connectivity index (χ1) is 20.4. The Morgan fingerprint density at radius 2 is 1.74 bits per heavy atom. The molecule has 0 aliphatic carbocycles. The number of nitrogens with zero attached hydrogens (tertiary/aromatic N) is 1. The average Bonchev–Trinajstić information content (AvgIpc) is 3.52. The summed E-state index contributed by atoms with van der Waals surface area (Å²) in [5.41, 5.74) is 5.38. The van der Waals surface area contributed by atoms with E-state index < -0.39 is 18.1 Å². The first-order valence-electron chi connectivity index (χ1n) is 14.7. The topological polar surface area (TPSA) is 104 Å². The van der Waals surface area contributed by atoms with Gasteiger partial charge in [-0.2, -0.15) is 0 Å². The summed E-state index contributed by atoms with van der Waals surface area (Å²) >= 11 is 0. The van der Waals surface area contributed by atoms with E-state index in [2.05, 4.69) is 15.6 Å². The Balaban J connectivity index is 1.28. The molecule has 1 aromatic heterocycles. The Bertz CT molecular complexity index is 1610. The van der Waals surface area contributed by atoms with Gasteiger partial charge in [-0.3, -0.25) is 14.4 Å². The van der Waals surface area contributed by atoms with Crippen LogP contribution in [-0.4, -0.2) is 58.9 Å². The van der Waals surface area contributed by atoms with Crippen molar-refractivity contribution in [2.75, 3.05) is 13.2 Å². The quantitative estimate of drug-likeness (QED) is 0.250. The number of nitrogens with one attached hydrogen (secondary N) is 3. The van der Waals surface area contributed by atoms with Crippen LogP contribution in [-0.2, 0) is 27.2 Å². The Hall–Kier alpha value is -4.43. The van der Waals surface area contributed by atoms with E-state index in [0.29, 0.717) is 38.0 Å². The highest BCUT2D eigenvalue weighted by molar-refractivity contribution is 6.04. The van der Waals surface area contributed by atoms with E-state index in [1.54, 1.807) is 4.90 Å². The highest BCUT2D eigenvalue weighted by Crippen LogP contribution is 2.46. The summed E-state index contributed by atoms with van der Waals surface area (Å²) in [5.74, 6) is -0.765. The number of carbonyl (C=O) groups is 3. The maximum absolute atomic E-state index is 14.1. The van der Waals surface area contributed by atoms with Crippen molar-refractivity contribution in [3.63, 3.8) is 0 Å². The molecule has 3 N–H and O–H groups in total. The second kappa shape index (κ2) is 11.8. The number of carbonyl (C=O) groups excluding carboxylic acids is 3. The third kappa shape index (κ3) is 5.30. The molecule has 0 spiro atoms. The molecule has 216 valence electrons. The van der Waals surface area contributed by atoms with Crippen molar-refractivity contribution < 1.29 is 19.1 Å². The van der Waals surface area contributed by atoms with Crippen LogP contribution in [0.3, 0.4) is 0 Å². The molecule has 0 saturated carbocycles. The summed E-state index contributed by atoms with van der Waals surface area (Å²) in [5, 5.41) is 7.05. The van der Waals surface area contributed by atoms with Gasteiger partial charge in [0.15, 0.2) is 0 Å². The molecule has 0 unspecified atom stereocenters. The van der Waals surface area contributed by atoms with Gasteiger partial charge in [-0.1, -0.05) is 66.7 Å². The minimum absolute atomic E-state index is 0.127. The van der Waals surface area contributed by atoms with Crippen molar-refractivity contribution in [3.05, 3.63) is 107 Å². The van der Waals surface area contributed by atoms with Crippen LogP contribution < -0.4 is 10.6 Å². The zero-order valence-corrected chi connectivity index (χ0v) is 23.9. The summed E-state index contributed by atoms with van der Waals surface area (Å²) in [6.07, 6.45) is 1.49. The molecule has 3 amide bonds. The number of amides is 3. The van der Waals surface area contributed by atoms with E-state index in [4.69, 9.17) is 4.74 Å². The van der Waals surface area contributed by atoms with Gasteiger partial charge in [-0.15, -0.1) is 0 Å². The minimum Gasteiger partial charge on any atom is -0.379 e. The number of aromatic amines is 1. The molecule has 0 saturated heterocycles. The summed E-state index contributed by atoms with van der Waals surface area (Å²) < 4.78 is 5.59. The zero-order valence-electron chi connectivity index (χ0n) is 23.9. The Morgan fingerprint density at radius 3 is 2.55 bits per heavy atom. The average molecular weight is 565 g/mol. The van der Waals surface area contributed by atoms with Crippen LogP contribution in [0.4, 0.5) is 0 Å². The second-order valence-electron chi connectivity index (χ2n) is 11.3. The van der Waals surface area contributed by atoms with E-state index in [-0.39, 0.29) is 23.8 Å². The molecule has 42 heavy (non-hydrogen) atoms. The number of hydrogen-bond acceptors (Lipinski definition) is 4. The first kappa shape index (κ1) is 27.7. The SMILES string of the molecule is CC(C)OCCCNC(=O)[C@H](Cc1ccccc1)NC(=O)[C@@H]1Cc2c([nH]c3ccccc23)[C@H]2c3ccccc3C(=O)N21. The van der Waals surface area contributed by atoms with Crippen LogP contribution in [0.15, 0.2) is 78.9 Å². The molecule has 2 aliphatic heterocycles. The lowest BCUT2D eigenvalue weighted by Gasteiger charge is -2.37. The highest BCUT2D eigenvalue weighted by Gasteiger charge is 2.49. The minimum atomic E-state index is -0.797. The summed E-state index contributed by atoms with van der Waals surface area (Å²) in [6.45, 7) is 4.93. The summed E-state index contributed by atoms with van der Waals surface area (Å²) in [7, 11) is 0. The molecule has 3 heterocycles. The number of ether oxygens (including phenoxy) is 1. The molecule has 2 aliphatic rings. The Kier molecular flexibility index (Phi) is 7.80. The monoisotopic (exact) mass is 564 g/mol. The third-order valence-electron chi connectivity index (χ3n) is 8.14. The number of aromatic nitrogens is 1. The van der Waals surface area contributed by atoms with Crippen LogP contribution in [0.25, 0.3) is 10.9 Å². The molecule has 3 atom stereocenters. The molecule has 0 bridgehead atoms. The standard InChI is InChI=1S/C34H36N4O4/c1-21(2)42-18-10-17-35-32(39)28(19-22-11-4-3-5-12-22)37-33(40)29-20-26-23-13-8-9-16-27(23)36-30(26)31-24-14-6-7-15-25(24)34(41)38(29)31/h3-9,11-16,21,28-29,31,36H,10,17-20H2,1-2H3,(H,35,39)(H,37,40)/t28-,29-,31+/m0/s1. The van der Waals surface area contributed by atoms with Crippen molar-refractivity contribution in [1.82, 2.24) is 20.5 Å². The summed E-state index contributed by atoms with van der Waals surface area (Å²) in [4.78, 5) is 46.6. The van der Waals surface area contributed by atoms with Gasteiger partial charge in [0, 0.05) is 48.2 Å². The summed E-state index contributed by atoms with van der Waals surface area (Å²) in [6, 6.07) is 23.2. The lowest BCUT2D eigenvalue weighted by atomic mass is 9.89. The highest BCUT2D eigenvalue weighted by atomic mass is 16.5. The molecule has 4 aromatic rings. The third-order valence-corrected chi connectivity index (χ3v) is 8.14. The van der Waals surface area contributed by atoms with Gasteiger partial charge in [-0.25, -0.2) is 0 Å². The largest absolute Gasteiger partial charge is 0.379 e. The fourth-order valence-corrected chi connectivity index (χ4v) is 6.19. The zero-order chi connectivity index (χ0) is 29.2. The first-order valence-corrected chi connectivity index (χ1v) is 14.7. The molecule has 0 fully saturated rings. The van der Waals surface area contributed by atoms with Gasteiger partial charge >= 0.3 is 0 Å². The molecule has 0 radical (unpaired) electrons. The number of fused-ring (bicyclic) bond motifs is 7. The van der Waals surface area contributed by atoms with Gasteiger partial charge in [0.25, 0.3) is 5.91 Å². The van der Waals surface area contributed by atoms with Gasteiger partial charge in [0.2, 0.25) is 11.8 Å². The van der Waals surface area contributed by atoms with E-state index in [0.717, 1.165) is 33.3 Å². The fourth-order valence-electron chi connectivity index (χ4n) is 6.19. The van der Waals surface area contributed by atoms with Crippen LogP contribution in [0.1, 0.15) is 59.1 Å².